The van der Waals surface area contributed by atoms with E-state index in [0.717, 1.165) is 18.6 Å². The van der Waals surface area contributed by atoms with Crippen LogP contribution in [0.4, 0.5) is 5.69 Å². The second kappa shape index (κ2) is 5.64. The van der Waals surface area contributed by atoms with Crippen LogP contribution in [0, 0.1) is 10.1 Å². The molecule has 0 atom stereocenters. The topological polar surface area (TPSA) is 64.7 Å². The van der Waals surface area contributed by atoms with E-state index in [1.165, 1.54) is 18.2 Å². The summed E-state index contributed by atoms with van der Waals surface area (Å²) in [4.78, 5) is 14.2. The third kappa shape index (κ3) is 3.07. The molecule has 1 aliphatic rings. The molecule has 94 valence electrons. The fourth-order valence-corrected chi connectivity index (χ4v) is 1.77. The van der Waals surface area contributed by atoms with Gasteiger partial charge in [-0.05, 0) is 18.9 Å². The van der Waals surface area contributed by atoms with Crippen LogP contribution >= 0.6 is 11.6 Å². The Morgan fingerprint density at radius 3 is 2.94 bits per heavy atom. The van der Waals surface area contributed by atoms with Crippen LogP contribution in [0.2, 0.25) is 5.02 Å². The van der Waals surface area contributed by atoms with E-state index in [1.54, 1.807) is 6.20 Å². The average Bonchev–Trinajstić information content (AvgIpc) is 2.38. The highest BCUT2D eigenvalue weighted by Gasteiger charge is 2.11. The first-order chi connectivity index (χ1) is 8.66. The quantitative estimate of drug-likeness (QED) is 0.620. The lowest BCUT2D eigenvalue weighted by molar-refractivity contribution is -0.384. The molecule has 1 aromatic carbocycles. The smallest absolute Gasteiger partial charge is 0.271 e. The number of hydrogen-bond donors (Lipinski definition) is 0. The van der Waals surface area contributed by atoms with Gasteiger partial charge in [-0.1, -0.05) is 17.7 Å². The van der Waals surface area contributed by atoms with Gasteiger partial charge in [0.1, 0.15) is 12.4 Å². The molecular weight excluding hydrogens is 256 g/mol. The van der Waals surface area contributed by atoms with Crippen molar-refractivity contribution in [3.05, 3.63) is 45.6 Å². The number of hydrogen-bond acceptors (Lipinski definition) is 4. The SMILES string of the molecule is O=[N+]([O-])c1ccc(OCC2=NC=CCC2)c(Cl)c1. The van der Waals surface area contributed by atoms with Gasteiger partial charge in [0, 0.05) is 18.3 Å². The largest absolute Gasteiger partial charge is 0.486 e. The van der Waals surface area contributed by atoms with Crippen LogP contribution in [0.5, 0.6) is 5.75 Å². The first-order valence-corrected chi connectivity index (χ1v) is 5.82. The highest BCUT2D eigenvalue weighted by molar-refractivity contribution is 6.32. The molecule has 0 amide bonds. The Balaban J connectivity index is 2.03. The predicted molar refractivity (Wildman–Crippen MR) is 69.4 cm³/mol. The number of ether oxygens (including phenoxy) is 1. The van der Waals surface area contributed by atoms with E-state index in [4.69, 9.17) is 16.3 Å². The molecule has 6 heteroatoms. The van der Waals surface area contributed by atoms with E-state index >= 15 is 0 Å². The number of benzene rings is 1. The molecule has 1 aromatic rings. The van der Waals surface area contributed by atoms with Gasteiger partial charge in [0.2, 0.25) is 0 Å². The van der Waals surface area contributed by atoms with Crippen molar-refractivity contribution in [1.82, 2.24) is 0 Å². The zero-order valence-electron chi connectivity index (χ0n) is 9.51. The summed E-state index contributed by atoms with van der Waals surface area (Å²) in [7, 11) is 0. The van der Waals surface area contributed by atoms with E-state index in [2.05, 4.69) is 4.99 Å². The molecule has 5 nitrogen and oxygen atoms in total. The third-order valence-electron chi connectivity index (χ3n) is 2.48. The summed E-state index contributed by atoms with van der Waals surface area (Å²) in [6.45, 7) is 0.349. The van der Waals surface area contributed by atoms with E-state index in [9.17, 15) is 10.1 Å². The highest BCUT2D eigenvalue weighted by atomic mass is 35.5. The molecule has 0 N–H and O–H groups in total. The molecule has 0 bridgehead atoms. The molecule has 0 saturated heterocycles. The zero-order chi connectivity index (χ0) is 13.0. The number of allylic oxidation sites excluding steroid dienone is 1. The van der Waals surface area contributed by atoms with Gasteiger partial charge in [-0.15, -0.1) is 0 Å². The highest BCUT2D eigenvalue weighted by Crippen LogP contribution is 2.28. The van der Waals surface area contributed by atoms with E-state index in [0.29, 0.717) is 12.4 Å². The fraction of sp³-hybridized carbons (Fsp3) is 0.250. The summed E-state index contributed by atoms with van der Waals surface area (Å²) in [6, 6.07) is 4.14. The minimum Gasteiger partial charge on any atom is -0.486 e. The van der Waals surface area contributed by atoms with E-state index in [1.807, 2.05) is 6.08 Å². The zero-order valence-corrected chi connectivity index (χ0v) is 10.3. The van der Waals surface area contributed by atoms with Gasteiger partial charge in [0.15, 0.2) is 0 Å². The maximum Gasteiger partial charge on any atom is 0.271 e. The molecule has 0 radical (unpaired) electrons. The molecule has 0 saturated carbocycles. The summed E-state index contributed by atoms with van der Waals surface area (Å²) in [6.07, 6.45) is 5.55. The van der Waals surface area contributed by atoms with Crippen LogP contribution in [-0.4, -0.2) is 17.2 Å². The molecule has 0 unspecified atom stereocenters. The Bertz CT molecular complexity index is 526. The lowest BCUT2D eigenvalue weighted by atomic mass is 10.2. The normalized spacial score (nSPS) is 14.2. The van der Waals surface area contributed by atoms with Crippen LogP contribution in [0.15, 0.2) is 35.5 Å². The van der Waals surface area contributed by atoms with Crippen molar-refractivity contribution in [3.8, 4) is 5.75 Å². The first kappa shape index (κ1) is 12.6. The number of halogens is 1. The summed E-state index contributed by atoms with van der Waals surface area (Å²) in [5, 5.41) is 10.8. The Morgan fingerprint density at radius 2 is 2.33 bits per heavy atom. The van der Waals surface area contributed by atoms with Crippen molar-refractivity contribution >= 4 is 23.0 Å². The maximum absolute atomic E-state index is 10.5. The molecule has 1 aliphatic heterocycles. The summed E-state index contributed by atoms with van der Waals surface area (Å²) < 4.78 is 5.49. The molecule has 0 aliphatic carbocycles. The fourth-order valence-electron chi connectivity index (χ4n) is 1.54. The molecule has 0 aromatic heterocycles. The van der Waals surface area contributed by atoms with E-state index < -0.39 is 4.92 Å². The minimum absolute atomic E-state index is 0.0507. The molecule has 0 spiro atoms. The molecule has 0 fully saturated rings. The van der Waals surface area contributed by atoms with Gasteiger partial charge in [-0.2, -0.15) is 0 Å². The van der Waals surface area contributed by atoms with Crippen molar-refractivity contribution in [1.29, 1.82) is 0 Å². The second-order valence-corrected chi connectivity index (χ2v) is 4.19. The minimum atomic E-state index is -0.494. The third-order valence-corrected chi connectivity index (χ3v) is 2.78. The molecule has 1 heterocycles. The molecule has 2 rings (SSSR count). The van der Waals surface area contributed by atoms with Crippen LogP contribution < -0.4 is 4.74 Å². The van der Waals surface area contributed by atoms with Gasteiger partial charge >= 0.3 is 0 Å². The molecule has 18 heavy (non-hydrogen) atoms. The van der Waals surface area contributed by atoms with Crippen LogP contribution in [0.1, 0.15) is 12.8 Å². The van der Waals surface area contributed by atoms with Gasteiger partial charge in [-0.3, -0.25) is 15.1 Å². The van der Waals surface area contributed by atoms with Crippen molar-refractivity contribution in [3.63, 3.8) is 0 Å². The number of nitro groups is 1. The standard InChI is InChI=1S/C12H11ClN2O3/c13-11-7-10(15(16)17)4-5-12(11)18-8-9-3-1-2-6-14-9/h2,4-7H,1,3,8H2. The number of nitro benzene ring substituents is 1. The number of non-ortho nitro benzene ring substituents is 1. The van der Waals surface area contributed by atoms with Crippen molar-refractivity contribution in [2.75, 3.05) is 6.61 Å². The summed E-state index contributed by atoms with van der Waals surface area (Å²) in [5.41, 5.74) is 0.886. The van der Waals surface area contributed by atoms with Crippen molar-refractivity contribution in [2.24, 2.45) is 4.99 Å². The Hall–Kier alpha value is -1.88. The van der Waals surface area contributed by atoms with Gasteiger partial charge < -0.3 is 4.74 Å². The summed E-state index contributed by atoms with van der Waals surface area (Å²) >= 11 is 5.91. The van der Waals surface area contributed by atoms with Gasteiger partial charge in [-0.25, -0.2) is 0 Å². The van der Waals surface area contributed by atoms with Crippen molar-refractivity contribution in [2.45, 2.75) is 12.8 Å². The van der Waals surface area contributed by atoms with Gasteiger partial charge in [0.25, 0.3) is 5.69 Å². The van der Waals surface area contributed by atoms with Crippen molar-refractivity contribution < 1.29 is 9.66 Å². The second-order valence-electron chi connectivity index (χ2n) is 3.78. The first-order valence-electron chi connectivity index (χ1n) is 5.44. The Morgan fingerprint density at radius 1 is 1.50 bits per heavy atom. The van der Waals surface area contributed by atoms with E-state index in [-0.39, 0.29) is 10.7 Å². The van der Waals surface area contributed by atoms with Crippen LogP contribution in [0.25, 0.3) is 0 Å². The van der Waals surface area contributed by atoms with Crippen LogP contribution in [0.3, 0.4) is 0 Å². The lowest BCUT2D eigenvalue weighted by Gasteiger charge is -2.10. The predicted octanol–water partition coefficient (Wildman–Crippen LogP) is 3.38. The number of nitrogens with zero attached hydrogens (tertiary/aromatic N) is 2. The number of rotatable bonds is 4. The van der Waals surface area contributed by atoms with Crippen LogP contribution in [-0.2, 0) is 0 Å². The summed E-state index contributed by atoms with van der Waals surface area (Å²) in [5.74, 6) is 0.430. The lowest BCUT2D eigenvalue weighted by Crippen LogP contribution is -2.12. The molecular formula is C12H11ClN2O3. The Kier molecular flexibility index (Phi) is 3.94. The maximum atomic E-state index is 10.5. The Labute approximate surface area is 109 Å². The van der Waals surface area contributed by atoms with Gasteiger partial charge in [0.05, 0.1) is 15.7 Å². The monoisotopic (exact) mass is 266 g/mol. The average molecular weight is 267 g/mol. The number of aliphatic imine (C=N–C) groups is 1.